The monoisotopic (exact) mass is 362 g/mol. The van der Waals surface area contributed by atoms with Crippen molar-refractivity contribution in [1.29, 1.82) is 0 Å². The van der Waals surface area contributed by atoms with Crippen LogP contribution in [0.3, 0.4) is 0 Å². The SMILES string of the molecule is O=C[C@@H](Nc1ccc2c(C3CC3)cc(=O)[nH]c2c1)[C@H](O)[C@@H](O)[C@@H](O)CO. The van der Waals surface area contributed by atoms with E-state index in [0.717, 1.165) is 23.8 Å². The molecule has 1 heterocycles. The Labute approximate surface area is 149 Å². The summed E-state index contributed by atoms with van der Waals surface area (Å²) in [6, 6.07) is 5.60. The number of nitrogens with one attached hydrogen (secondary N) is 2. The molecule has 1 aromatic heterocycles. The minimum absolute atomic E-state index is 0.204. The number of hydrogen-bond donors (Lipinski definition) is 6. The molecule has 0 saturated heterocycles. The Bertz CT molecular complexity index is 847. The Kier molecular flexibility index (Phi) is 5.38. The van der Waals surface area contributed by atoms with Crippen molar-refractivity contribution in [3.63, 3.8) is 0 Å². The van der Waals surface area contributed by atoms with E-state index in [1.54, 1.807) is 18.2 Å². The van der Waals surface area contributed by atoms with Crippen LogP contribution in [0.5, 0.6) is 0 Å². The molecule has 6 N–H and O–H groups in total. The Morgan fingerprint density at radius 2 is 1.92 bits per heavy atom. The van der Waals surface area contributed by atoms with Crippen molar-refractivity contribution in [1.82, 2.24) is 4.98 Å². The molecule has 0 aliphatic heterocycles. The minimum Gasteiger partial charge on any atom is -0.394 e. The van der Waals surface area contributed by atoms with Crippen LogP contribution < -0.4 is 10.9 Å². The molecule has 1 aromatic carbocycles. The van der Waals surface area contributed by atoms with E-state index in [-0.39, 0.29) is 5.56 Å². The summed E-state index contributed by atoms with van der Waals surface area (Å²) in [7, 11) is 0. The van der Waals surface area contributed by atoms with Gasteiger partial charge in [0.15, 0.2) is 0 Å². The Balaban J connectivity index is 1.85. The van der Waals surface area contributed by atoms with Crippen LogP contribution in [-0.4, -0.2) is 62.7 Å². The highest BCUT2D eigenvalue weighted by molar-refractivity contribution is 5.86. The molecule has 0 unspecified atom stereocenters. The quantitative estimate of drug-likeness (QED) is 0.346. The number of aldehydes is 1. The third-order valence-electron chi connectivity index (χ3n) is 4.67. The van der Waals surface area contributed by atoms with Gasteiger partial charge in [-0.25, -0.2) is 0 Å². The summed E-state index contributed by atoms with van der Waals surface area (Å²) in [6.45, 7) is -0.745. The molecule has 140 valence electrons. The van der Waals surface area contributed by atoms with E-state index in [1.807, 2.05) is 6.07 Å². The first-order valence-electron chi connectivity index (χ1n) is 8.48. The van der Waals surface area contributed by atoms with Gasteiger partial charge in [-0.2, -0.15) is 0 Å². The minimum atomic E-state index is -1.69. The number of pyridine rings is 1. The lowest BCUT2D eigenvalue weighted by molar-refractivity contribution is -0.117. The average Bonchev–Trinajstić information content (AvgIpc) is 3.48. The number of aliphatic hydroxyl groups is 4. The largest absolute Gasteiger partial charge is 0.394 e. The number of carbonyl (C=O) groups is 1. The molecule has 0 amide bonds. The number of benzene rings is 1. The third kappa shape index (κ3) is 3.78. The van der Waals surface area contributed by atoms with Crippen molar-refractivity contribution in [2.75, 3.05) is 11.9 Å². The van der Waals surface area contributed by atoms with Crippen LogP contribution >= 0.6 is 0 Å². The Hall–Kier alpha value is -2.26. The van der Waals surface area contributed by atoms with Crippen LogP contribution in [-0.2, 0) is 4.79 Å². The van der Waals surface area contributed by atoms with Crippen LogP contribution in [0.15, 0.2) is 29.1 Å². The van der Waals surface area contributed by atoms with Gasteiger partial charge in [0, 0.05) is 17.1 Å². The van der Waals surface area contributed by atoms with E-state index in [4.69, 9.17) is 5.11 Å². The molecule has 1 aliphatic rings. The first-order valence-corrected chi connectivity index (χ1v) is 8.48. The van der Waals surface area contributed by atoms with Crippen molar-refractivity contribution in [2.24, 2.45) is 0 Å². The first-order chi connectivity index (χ1) is 12.4. The number of fused-ring (bicyclic) bond motifs is 1. The summed E-state index contributed by atoms with van der Waals surface area (Å²) in [6.07, 6.45) is -2.35. The predicted octanol–water partition coefficient (Wildman–Crippen LogP) is -0.540. The summed E-state index contributed by atoms with van der Waals surface area (Å²) in [5.74, 6) is 0.401. The lowest BCUT2D eigenvalue weighted by Crippen LogP contribution is -2.49. The fraction of sp³-hybridized carbons (Fsp3) is 0.444. The molecule has 8 heteroatoms. The van der Waals surface area contributed by atoms with E-state index >= 15 is 0 Å². The summed E-state index contributed by atoms with van der Waals surface area (Å²) in [4.78, 5) is 25.9. The zero-order chi connectivity index (χ0) is 18.8. The molecule has 2 aromatic rings. The molecule has 26 heavy (non-hydrogen) atoms. The molecule has 3 rings (SSSR count). The van der Waals surface area contributed by atoms with Gasteiger partial charge in [0.05, 0.1) is 12.1 Å². The maximum Gasteiger partial charge on any atom is 0.248 e. The zero-order valence-corrected chi connectivity index (χ0v) is 14.0. The predicted molar refractivity (Wildman–Crippen MR) is 95.1 cm³/mol. The van der Waals surface area contributed by atoms with Gasteiger partial charge in [-0.1, -0.05) is 6.07 Å². The molecule has 8 nitrogen and oxygen atoms in total. The fourth-order valence-electron chi connectivity index (χ4n) is 3.05. The van der Waals surface area contributed by atoms with Gasteiger partial charge in [-0.15, -0.1) is 0 Å². The third-order valence-corrected chi connectivity index (χ3v) is 4.67. The second kappa shape index (κ2) is 7.55. The topological polar surface area (TPSA) is 143 Å². The number of carbonyl (C=O) groups excluding carboxylic acids is 1. The van der Waals surface area contributed by atoms with Crippen LogP contribution in [0.2, 0.25) is 0 Å². The molecule has 0 bridgehead atoms. The molecule has 1 saturated carbocycles. The smallest absolute Gasteiger partial charge is 0.248 e. The van der Waals surface area contributed by atoms with Gasteiger partial charge in [0.25, 0.3) is 0 Å². The van der Waals surface area contributed by atoms with E-state index in [1.165, 1.54) is 0 Å². The first kappa shape index (κ1) is 18.5. The van der Waals surface area contributed by atoms with Crippen LogP contribution in [0.4, 0.5) is 5.69 Å². The average molecular weight is 362 g/mol. The van der Waals surface area contributed by atoms with E-state index in [9.17, 15) is 24.9 Å². The lowest BCUT2D eigenvalue weighted by atomic mass is 10.0. The zero-order valence-electron chi connectivity index (χ0n) is 14.0. The van der Waals surface area contributed by atoms with Crippen molar-refractivity contribution in [3.05, 3.63) is 40.2 Å². The maximum absolute atomic E-state index is 11.9. The van der Waals surface area contributed by atoms with Gasteiger partial charge in [0.2, 0.25) is 5.56 Å². The number of hydrogen-bond acceptors (Lipinski definition) is 7. The standard InChI is InChI=1S/C18H22N2O6/c21-7-14(17(25)18(26)15(23)8-22)19-10-3-4-11-12(9-1-2-9)6-16(24)20-13(11)5-10/h3-7,9,14-15,17-19,22-23,25-26H,1-2,8H2,(H,20,24)/t14-,15+,17+,18+/m1/s1. The van der Waals surface area contributed by atoms with Gasteiger partial charge in [0.1, 0.15) is 30.6 Å². The number of anilines is 1. The molecule has 0 radical (unpaired) electrons. The number of aromatic nitrogens is 1. The molecular weight excluding hydrogens is 340 g/mol. The van der Waals surface area contributed by atoms with E-state index < -0.39 is 31.0 Å². The van der Waals surface area contributed by atoms with Crippen molar-refractivity contribution in [3.8, 4) is 0 Å². The molecule has 0 spiro atoms. The van der Waals surface area contributed by atoms with Crippen LogP contribution in [0.25, 0.3) is 10.9 Å². The fourth-order valence-corrected chi connectivity index (χ4v) is 3.05. The lowest BCUT2D eigenvalue weighted by Gasteiger charge is -2.27. The molecule has 1 aliphatic carbocycles. The summed E-state index contributed by atoms with van der Waals surface area (Å²) in [5.41, 5.74) is 1.87. The van der Waals surface area contributed by atoms with Gasteiger partial charge >= 0.3 is 0 Å². The highest BCUT2D eigenvalue weighted by Crippen LogP contribution is 2.42. The number of H-pyrrole nitrogens is 1. The molecule has 4 atom stereocenters. The molecular formula is C18H22N2O6. The maximum atomic E-state index is 11.9. The van der Waals surface area contributed by atoms with Gasteiger partial charge < -0.3 is 35.5 Å². The highest BCUT2D eigenvalue weighted by Gasteiger charge is 2.31. The number of rotatable bonds is 8. The number of aliphatic hydroxyl groups excluding tert-OH is 4. The van der Waals surface area contributed by atoms with Crippen molar-refractivity contribution >= 4 is 22.9 Å². The molecule has 1 fully saturated rings. The van der Waals surface area contributed by atoms with Gasteiger partial charge in [-0.05, 0) is 36.5 Å². The highest BCUT2D eigenvalue weighted by atomic mass is 16.4. The van der Waals surface area contributed by atoms with Crippen LogP contribution in [0.1, 0.15) is 24.3 Å². The van der Waals surface area contributed by atoms with Crippen LogP contribution in [0, 0.1) is 0 Å². The second-order valence-electron chi connectivity index (χ2n) is 6.66. The summed E-state index contributed by atoms with van der Waals surface area (Å²) < 4.78 is 0. The normalized spacial score (nSPS) is 18.9. The van der Waals surface area contributed by atoms with Gasteiger partial charge in [-0.3, -0.25) is 4.79 Å². The van der Waals surface area contributed by atoms with E-state index in [0.29, 0.717) is 23.4 Å². The number of aromatic amines is 1. The summed E-state index contributed by atoms with van der Waals surface area (Å²) in [5, 5.41) is 41.8. The van der Waals surface area contributed by atoms with E-state index in [2.05, 4.69) is 10.3 Å². The van der Waals surface area contributed by atoms with Crippen molar-refractivity contribution in [2.45, 2.75) is 43.1 Å². The Morgan fingerprint density at radius 1 is 1.19 bits per heavy atom. The summed E-state index contributed by atoms with van der Waals surface area (Å²) >= 11 is 0. The second-order valence-corrected chi connectivity index (χ2v) is 6.66. The Morgan fingerprint density at radius 3 is 2.54 bits per heavy atom. The van der Waals surface area contributed by atoms with Crippen molar-refractivity contribution < 1.29 is 25.2 Å².